The van der Waals surface area contributed by atoms with Crippen LogP contribution in [0.5, 0.6) is 0 Å². The van der Waals surface area contributed by atoms with Crippen LogP contribution >= 0.6 is 0 Å². The highest BCUT2D eigenvalue weighted by molar-refractivity contribution is 5.94. The van der Waals surface area contributed by atoms with Crippen LogP contribution in [0.3, 0.4) is 0 Å². The molecule has 1 saturated carbocycles. The van der Waals surface area contributed by atoms with E-state index in [0.29, 0.717) is 5.56 Å². The molecule has 0 atom stereocenters. The summed E-state index contributed by atoms with van der Waals surface area (Å²) in [4.78, 5) is 4.91. The van der Waals surface area contributed by atoms with Crippen molar-refractivity contribution in [3.8, 4) is 11.3 Å². The first-order valence-electron chi connectivity index (χ1n) is 12.8. The number of benzene rings is 1. The van der Waals surface area contributed by atoms with E-state index in [2.05, 4.69) is 22.8 Å². The van der Waals surface area contributed by atoms with Crippen molar-refractivity contribution in [3.63, 3.8) is 0 Å². The molecule has 0 amide bonds. The Hall–Kier alpha value is -2.42. The van der Waals surface area contributed by atoms with E-state index < -0.39 is 13.2 Å². The van der Waals surface area contributed by atoms with Gasteiger partial charge in [-0.3, -0.25) is 0 Å². The molecule has 0 bridgehead atoms. The molecule has 3 aromatic rings. The fraction of sp³-hybridized carbons (Fsp3) is 0.440. The highest BCUT2D eigenvalue weighted by Gasteiger charge is 2.24. The van der Waals surface area contributed by atoms with Gasteiger partial charge in [-0.1, -0.05) is 44.2 Å². The van der Waals surface area contributed by atoms with E-state index in [9.17, 15) is 0 Å². The van der Waals surface area contributed by atoms with E-state index in [-0.39, 0.29) is 11.5 Å². The predicted octanol–water partition coefficient (Wildman–Crippen LogP) is 5.29. The summed E-state index contributed by atoms with van der Waals surface area (Å²) in [6, 6.07) is 5.92. The van der Waals surface area contributed by atoms with Crippen molar-refractivity contribution in [2.45, 2.75) is 58.7 Å². The lowest BCUT2D eigenvalue weighted by molar-refractivity contribution is -0.660. The topological polar surface area (TPSA) is 21.7 Å². The molecule has 28 heavy (non-hydrogen) atoms. The second-order valence-electron chi connectivity index (χ2n) is 8.19. The first-order chi connectivity index (χ1) is 15.6. The van der Waals surface area contributed by atoms with Crippen molar-refractivity contribution in [1.82, 2.24) is 9.55 Å². The highest BCUT2D eigenvalue weighted by atomic mass is 15.1. The molecule has 0 unspecified atom stereocenters. The average molecular weight is 378 g/mol. The van der Waals surface area contributed by atoms with Crippen molar-refractivity contribution in [2.24, 2.45) is 13.0 Å². The number of hydrogen-bond acceptors (Lipinski definition) is 1. The van der Waals surface area contributed by atoms with Gasteiger partial charge < -0.3 is 4.57 Å². The van der Waals surface area contributed by atoms with Crippen LogP contribution in [-0.2, 0) is 19.8 Å². The van der Waals surface area contributed by atoms with E-state index in [1.807, 2.05) is 24.7 Å². The van der Waals surface area contributed by atoms with Crippen molar-refractivity contribution < 1.29 is 11.4 Å². The zero-order chi connectivity index (χ0) is 23.5. The minimum atomic E-state index is -2.39. The first kappa shape index (κ1) is 12.9. The minimum absolute atomic E-state index is 0.101. The number of imidazole rings is 1. The number of fused-ring (bicyclic) bond motifs is 3. The summed E-state index contributed by atoms with van der Waals surface area (Å²) < 4.78 is 46.5. The molecule has 1 aliphatic heterocycles. The second kappa shape index (κ2) is 6.88. The smallest absolute Gasteiger partial charge is 0.215 e. The summed E-state index contributed by atoms with van der Waals surface area (Å²) in [5.74, 6) is 0.808. The van der Waals surface area contributed by atoms with Gasteiger partial charge >= 0.3 is 0 Å². The number of pyridine rings is 1. The van der Waals surface area contributed by atoms with Crippen LogP contribution < -0.4 is 4.57 Å². The zero-order valence-corrected chi connectivity index (χ0v) is 16.6. The van der Waals surface area contributed by atoms with Crippen molar-refractivity contribution in [3.05, 3.63) is 53.0 Å². The molecule has 1 fully saturated rings. The largest absolute Gasteiger partial charge is 0.303 e. The number of hydrogen-bond donors (Lipinski definition) is 0. The average Bonchev–Trinajstić information content (AvgIpc) is 3.35. The second-order valence-corrected chi connectivity index (χ2v) is 8.19. The molecule has 5 rings (SSSR count). The van der Waals surface area contributed by atoms with Crippen molar-refractivity contribution in [2.75, 3.05) is 0 Å². The molecule has 0 radical (unpaired) electrons. The molecule has 1 aliphatic carbocycles. The van der Waals surface area contributed by atoms with Gasteiger partial charge in [0.1, 0.15) is 18.4 Å². The van der Waals surface area contributed by atoms with E-state index in [4.69, 9.17) is 11.8 Å². The molecule has 2 aliphatic rings. The minimum Gasteiger partial charge on any atom is -0.303 e. The third-order valence-electron chi connectivity index (χ3n) is 6.19. The summed E-state index contributed by atoms with van der Waals surface area (Å²) in [6.45, 7) is -0.364. The Morgan fingerprint density at radius 1 is 1.25 bits per heavy atom. The Labute approximate surface area is 174 Å². The SMILES string of the molecule is [2H]C([2H])([2H])c1c[n+](C)c(-c2c(C)ccc3c2nc2n3C=CC2)cc1C([2H])([2H])C1CCCCC1. The molecule has 3 nitrogen and oxygen atoms in total. The van der Waals surface area contributed by atoms with E-state index in [1.54, 1.807) is 12.3 Å². The Kier molecular flexibility index (Phi) is 3.17. The normalized spacial score (nSPS) is 20.4. The van der Waals surface area contributed by atoms with Crippen LogP contribution in [0.4, 0.5) is 0 Å². The van der Waals surface area contributed by atoms with Gasteiger partial charge in [-0.2, -0.15) is 0 Å². The summed E-state index contributed by atoms with van der Waals surface area (Å²) in [5.41, 5.74) is 5.04. The van der Waals surface area contributed by atoms with Crippen LogP contribution in [-0.4, -0.2) is 9.55 Å². The Morgan fingerprint density at radius 2 is 2.11 bits per heavy atom. The molecule has 2 aromatic heterocycles. The van der Waals surface area contributed by atoms with Gasteiger partial charge in [-0.25, -0.2) is 9.55 Å². The van der Waals surface area contributed by atoms with E-state index >= 15 is 0 Å². The lowest BCUT2D eigenvalue weighted by Gasteiger charge is -2.22. The van der Waals surface area contributed by atoms with Crippen molar-refractivity contribution >= 4 is 17.2 Å². The molecular formula is C25H30N3+. The highest BCUT2D eigenvalue weighted by Crippen LogP contribution is 2.34. The fourth-order valence-corrected chi connectivity index (χ4v) is 4.69. The van der Waals surface area contributed by atoms with E-state index in [1.165, 1.54) is 0 Å². The van der Waals surface area contributed by atoms with E-state index in [0.717, 1.165) is 72.2 Å². The van der Waals surface area contributed by atoms with Gasteiger partial charge in [0, 0.05) is 31.1 Å². The van der Waals surface area contributed by atoms with Crippen LogP contribution in [0.2, 0.25) is 0 Å². The number of allylic oxidation sites excluding steroid dienone is 1. The van der Waals surface area contributed by atoms with Gasteiger partial charge in [0.2, 0.25) is 5.69 Å². The van der Waals surface area contributed by atoms with Gasteiger partial charge in [0.25, 0.3) is 0 Å². The van der Waals surface area contributed by atoms with Gasteiger partial charge in [-0.05, 0) is 43.3 Å². The maximum atomic E-state index is 9.08. The number of nitrogens with zero attached hydrogens (tertiary/aromatic N) is 3. The van der Waals surface area contributed by atoms with Crippen molar-refractivity contribution in [1.29, 1.82) is 0 Å². The molecule has 1 aromatic carbocycles. The molecule has 3 heteroatoms. The first-order valence-corrected chi connectivity index (χ1v) is 10.3. The van der Waals surface area contributed by atoms with Gasteiger partial charge in [-0.15, -0.1) is 0 Å². The third-order valence-corrected chi connectivity index (χ3v) is 6.19. The predicted molar refractivity (Wildman–Crippen MR) is 115 cm³/mol. The monoisotopic (exact) mass is 377 g/mol. The van der Waals surface area contributed by atoms with Crippen LogP contribution in [0.15, 0.2) is 30.5 Å². The lowest BCUT2D eigenvalue weighted by atomic mass is 9.84. The zero-order valence-electron chi connectivity index (χ0n) is 21.6. The lowest BCUT2D eigenvalue weighted by Crippen LogP contribution is -2.32. The van der Waals surface area contributed by atoms with Crippen LogP contribution in [0, 0.1) is 19.7 Å². The molecule has 0 spiro atoms. The fourth-order valence-electron chi connectivity index (χ4n) is 4.69. The summed E-state index contributed by atoms with van der Waals surface area (Å²) >= 11 is 0. The van der Waals surface area contributed by atoms with Crippen LogP contribution in [0.1, 0.15) is 61.5 Å². The molecule has 3 heterocycles. The van der Waals surface area contributed by atoms with Gasteiger partial charge in [0.05, 0.1) is 11.1 Å². The number of aromatic nitrogens is 3. The molecule has 144 valence electrons. The Bertz CT molecular complexity index is 1260. The standard InChI is InChI=1S/C25H30N3/c1-17-11-12-21-25(26-23-10-7-13-28(21)23)24(17)22-15-20(18(2)16-27(22)3)14-19-8-5-4-6-9-19/h7,11-13,15-16,19H,4-6,8-10,14H2,1-3H3/q+1/i2D3,14D2. The quantitative estimate of drug-likeness (QED) is 0.568. The van der Waals surface area contributed by atoms with Gasteiger partial charge in [0.15, 0.2) is 6.20 Å². The number of aryl methyl sites for hydroxylation is 3. The Balaban J connectivity index is 1.76. The van der Waals surface area contributed by atoms with Crippen LogP contribution in [0.25, 0.3) is 28.5 Å². The summed E-state index contributed by atoms with van der Waals surface area (Å²) in [7, 11) is 1.84. The molecule has 0 saturated heterocycles. The maximum Gasteiger partial charge on any atom is 0.215 e. The molecule has 0 N–H and O–H groups in total. The summed E-state index contributed by atoms with van der Waals surface area (Å²) in [5, 5.41) is 0. The third kappa shape index (κ3) is 2.88. The summed E-state index contributed by atoms with van der Waals surface area (Å²) in [6.07, 6.45) is 9.49. The maximum absolute atomic E-state index is 9.08. The molecular weight excluding hydrogens is 342 g/mol. The Morgan fingerprint density at radius 3 is 2.93 bits per heavy atom. The number of rotatable bonds is 3.